The monoisotopic (exact) mass is 465 g/mol. The molecule has 3 rings (SSSR count). The zero-order valence-corrected chi connectivity index (χ0v) is 18.3. The number of benzene rings is 2. The topological polar surface area (TPSA) is 69.7 Å². The van der Waals surface area contributed by atoms with Crippen LogP contribution in [0.5, 0.6) is 0 Å². The number of nitrogens with zero attached hydrogens (tertiary/aromatic N) is 2. The summed E-state index contributed by atoms with van der Waals surface area (Å²) in [6.45, 7) is 5.39. The van der Waals surface area contributed by atoms with Crippen molar-refractivity contribution < 1.29 is 13.2 Å². The minimum atomic E-state index is -3.55. The van der Waals surface area contributed by atoms with Crippen LogP contribution in [0.3, 0.4) is 0 Å². The van der Waals surface area contributed by atoms with Crippen molar-refractivity contribution in [1.82, 2.24) is 9.21 Å². The van der Waals surface area contributed by atoms with E-state index in [2.05, 4.69) is 35.1 Å². The number of halogens is 1. The summed E-state index contributed by atoms with van der Waals surface area (Å²) in [5, 5.41) is 2.85. The lowest BCUT2D eigenvalue weighted by atomic mass is 10.0. The van der Waals surface area contributed by atoms with Crippen LogP contribution in [0.15, 0.2) is 57.9 Å². The fourth-order valence-corrected chi connectivity index (χ4v) is 4.87. The van der Waals surface area contributed by atoms with Crippen LogP contribution < -0.4 is 5.32 Å². The lowest BCUT2D eigenvalue weighted by Gasteiger charge is -2.34. The molecule has 1 heterocycles. The van der Waals surface area contributed by atoms with Gasteiger partial charge in [0.1, 0.15) is 0 Å². The maximum Gasteiger partial charge on any atom is 0.321 e. The second-order valence-corrected chi connectivity index (χ2v) is 9.82. The molecule has 28 heavy (non-hydrogen) atoms. The normalized spacial score (nSPS) is 15.6. The highest BCUT2D eigenvalue weighted by molar-refractivity contribution is 9.10. The third-order valence-corrected chi connectivity index (χ3v) is 7.43. The smallest absolute Gasteiger partial charge is 0.321 e. The first-order valence-corrected chi connectivity index (χ1v) is 11.4. The highest BCUT2D eigenvalue weighted by atomic mass is 79.9. The fraction of sp³-hybridized carbons (Fsp3) is 0.350. The zero-order valence-electron chi connectivity index (χ0n) is 15.9. The van der Waals surface area contributed by atoms with E-state index in [4.69, 9.17) is 0 Å². The van der Waals surface area contributed by atoms with Gasteiger partial charge in [-0.3, -0.25) is 0 Å². The molecule has 6 nitrogen and oxygen atoms in total. The van der Waals surface area contributed by atoms with Crippen LogP contribution in [0, 0.1) is 0 Å². The van der Waals surface area contributed by atoms with Gasteiger partial charge in [-0.2, -0.15) is 4.31 Å². The van der Waals surface area contributed by atoms with E-state index in [9.17, 15) is 13.2 Å². The molecule has 0 saturated carbocycles. The Balaban J connectivity index is 1.62. The van der Waals surface area contributed by atoms with Crippen molar-refractivity contribution in [3.8, 4) is 0 Å². The maximum atomic E-state index is 12.9. The molecule has 0 radical (unpaired) electrons. The Morgan fingerprint density at radius 1 is 1.00 bits per heavy atom. The number of anilines is 1. The summed E-state index contributed by atoms with van der Waals surface area (Å²) < 4.78 is 28.0. The van der Waals surface area contributed by atoms with E-state index in [0.717, 1.165) is 10.0 Å². The molecule has 0 unspecified atom stereocenters. The number of piperazine rings is 1. The number of rotatable bonds is 4. The van der Waals surface area contributed by atoms with E-state index in [0.29, 0.717) is 29.6 Å². The van der Waals surface area contributed by atoms with Gasteiger partial charge in [0.15, 0.2) is 0 Å². The van der Waals surface area contributed by atoms with Crippen molar-refractivity contribution in [3.05, 3.63) is 58.6 Å². The number of sulfonamides is 1. The Morgan fingerprint density at radius 3 is 2.18 bits per heavy atom. The van der Waals surface area contributed by atoms with Gasteiger partial charge in [-0.05, 0) is 51.7 Å². The number of hydrogen-bond donors (Lipinski definition) is 1. The molecule has 1 aliphatic heterocycles. The molecule has 0 spiro atoms. The molecule has 2 amide bonds. The average Bonchev–Trinajstić information content (AvgIpc) is 2.70. The summed E-state index contributed by atoms with van der Waals surface area (Å²) in [6.07, 6.45) is 0. The molecular weight excluding hydrogens is 442 g/mol. The Labute approximate surface area is 174 Å². The van der Waals surface area contributed by atoms with Gasteiger partial charge < -0.3 is 10.2 Å². The van der Waals surface area contributed by atoms with Gasteiger partial charge in [0.05, 0.1) is 10.6 Å². The molecule has 8 heteroatoms. The van der Waals surface area contributed by atoms with Gasteiger partial charge in [-0.25, -0.2) is 13.2 Å². The van der Waals surface area contributed by atoms with Crippen molar-refractivity contribution in [2.24, 2.45) is 0 Å². The van der Waals surface area contributed by atoms with Crippen LogP contribution in [-0.2, 0) is 10.0 Å². The van der Waals surface area contributed by atoms with Crippen molar-refractivity contribution in [2.75, 3.05) is 31.5 Å². The van der Waals surface area contributed by atoms with E-state index < -0.39 is 10.0 Å². The van der Waals surface area contributed by atoms with Crippen LogP contribution in [0.1, 0.15) is 25.3 Å². The van der Waals surface area contributed by atoms with Crippen LogP contribution in [-0.4, -0.2) is 49.8 Å². The minimum absolute atomic E-state index is 0.231. The predicted molar refractivity (Wildman–Crippen MR) is 114 cm³/mol. The van der Waals surface area contributed by atoms with Crippen molar-refractivity contribution in [1.29, 1.82) is 0 Å². The molecule has 0 aromatic heterocycles. The number of nitrogens with one attached hydrogen (secondary N) is 1. The van der Waals surface area contributed by atoms with Crippen LogP contribution in [0.4, 0.5) is 10.5 Å². The molecule has 150 valence electrons. The number of amides is 2. The summed E-state index contributed by atoms with van der Waals surface area (Å²) >= 11 is 3.40. The van der Waals surface area contributed by atoms with Gasteiger partial charge in [0.25, 0.3) is 0 Å². The summed E-state index contributed by atoms with van der Waals surface area (Å²) in [5.41, 5.74) is 1.79. The quantitative estimate of drug-likeness (QED) is 0.738. The molecule has 0 atom stereocenters. The number of urea groups is 1. The Hall–Kier alpha value is -1.90. The fourth-order valence-electron chi connectivity index (χ4n) is 3.06. The summed E-state index contributed by atoms with van der Waals surface area (Å²) in [7, 11) is -3.55. The Morgan fingerprint density at radius 2 is 1.61 bits per heavy atom. The number of carbonyl (C=O) groups is 1. The second-order valence-electron chi connectivity index (χ2n) is 7.02. The van der Waals surface area contributed by atoms with Gasteiger partial charge in [0, 0.05) is 30.7 Å². The number of carbonyl (C=O) groups excluding carboxylic acids is 1. The summed E-state index contributed by atoms with van der Waals surface area (Å²) in [5.74, 6) is 0.350. The Bertz CT molecular complexity index is 937. The van der Waals surface area contributed by atoms with Crippen LogP contribution >= 0.6 is 15.9 Å². The molecule has 1 N–H and O–H groups in total. The predicted octanol–water partition coefficient (Wildman–Crippen LogP) is 4.11. The van der Waals surface area contributed by atoms with Crippen LogP contribution in [0.25, 0.3) is 0 Å². The molecule has 1 fully saturated rings. The van der Waals surface area contributed by atoms with Crippen molar-refractivity contribution in [3.63, 3.8) is 0 Å². The molecule has 1 aliphatic rings. The van der Waals surface area contributed by atoms with Gasteiger partial charge in [-0.1, -0.05) is 38.1 Å². The standard InChI is InChI=1S/C20H24BrN3O3S/c1-15(2)16-7-9-17(10-8-16)28(26,27)24-13-11-23(12-14-24)20(25)22-19-6-4-3-5-18(19)21/h3-10,15H,11-14H2,1-2H3,(H,22,25). The highest BCUT2D eigenvalue weighted by Gasteiger charge is 2.30. The molecule has 2 aromatic carbocycles. The molecular formula is C20H24BrN3O3S. The zero-order chi connectivity index (χ0) is 20.3. The van der Waals surface area contributed by atoms with Crippen molar-refractivity contribution >= 4 is 37.7 Å². The van der Waals surface area contributed by atoms with Crippen molar-refractivity contribution in [2.45, 2.75) is 24.7 Å². The van der Waals surface area contributed by atoms with Crippen LogP contribution in [0.2, 0.25) is 0 Å². The largest absolute Gasteiger partial charge is 0.322 e. The first-order chi connectivity index (χ1) is 13.3. The van der Waals surface area contributed by atoms with E-state index >= 15 is 0 Å². The number of para-hydroxylation sites is 1. The molecule has 0 bridgehead atoms. The second kappa shape index (κ2) is 8.63. The van der Waals surface area contributed by atoms with Gasteiger partial charge >= 0.3 is 6.03 Å². The average molecular weight is 466 g/mol. The minimum Gasteiger partial charge on any atom is -0.322 e. The Kier molecular flexibility index (Phi) is 6.42. The van der Waals surface area contributed by atoms with E-state index in [-0.39, 0.29) is 19.1 Å². The van der Waals surface area contributed by atoms with E-state index in [1.165, 1.54) is 4.31 Å². The molecule has 0 aliphatic carbocycles. The highest BCUT2D eigenvalue weighted by Crippen LogP contribution is 2.23. The third kappa shape index (κ3) is 4.56. The first kappa shape index (κ1) is 20.8. The number of hydrogen-bond acceptors (Lipinski definition) is 3. The lowest BCUT2D eigenvalue weighted by Crippen LogP contribution is -2.51. The van der Waals surface area contributed by atoms with E-state index in [1.54, 1.807) is 17.0 Å². The van der Waals surface area contributed by atoms with E-state index in [1.807, 2.05) is 36.4 Å². The van der Waals surface area contributed by atoms with Gasteiger partial charge in [0.2, 0.25) is 10.0 Å². The summed E-state index contributed by atoms with van der Waals surface area (Å²) in [4.78, 5) is 14.4. The lowest BCUT2D eigenvalue weighted by molar-refractivity contribution is 0.184. The SMILES string of the molecule is CC(C)c1ccc(S(=O)(=O)N2CCN(C(=O)Nc3ccccc3Br)CC2)cc1. The summed E-state index contributed by atoms with van der Waals surface area (Å²) in [6, 6.07) is 14.2. The third-order valence-electron chi connectivity index (χ3n) is 4.83. The first-order valence-electron chi connectivity index (χ1n) is 9.19. The maximum absolute atomic E-state index is 12.9. The molecule has 1 saturated heterocycles. The molecule has 2 aromatic rings. The van der Waals surface area contributed by atoms with Gasteiger partial charge in [-0.15, -0.1) is 0 Å².